The number of allylic oxidation sites excluding steroid dienone is 4. The Labute approximate surface area is 129 Å². The van der Waals surface area contributed by atoms with Gasteiger partial charge in [-0.3, -0.25) is 0 Å². The Morgan fingerprint density at radius 1 is 1.20 bits per heavy atom. The third-order valence-electron chi connectivity index (χ3n) is 3.00. The normalized spacial score (nSPS) is 12.1. The number of nitrogens with zero attached hydrogens (tertiary/aromatic N) is 1. The van der Waals surface area contributed by atoms with E-state index < -0.39 is 0 Å². The SMILES string of the molecule is C/C=C(\C=C/CC)c1cc(Br)cc(-c2ccccc2)n1. The van der Waals surface area contributed by atoms with Crippen LogP contribution in [0.15, 0.2) is 65.2 Å². The van der Waals surface area contributed by atoms with Gasteiger partial charge in [0.25, 0.3) is 0 Å². The van der Waals surface area contributed by atoms with Gasteiger partial charge >= 0.3 is 0 Å². The van der Waals surface area contributed by atoms with E-state index in [0.717, 1.165) is 33.4 Å². The van der Waals surface area contributed by atoms with Crippen molar-refractivity contribution in [2.45, 2.75) is 20.3 Å². The Hall–Kier alpha value is -1.67. The average Bonchev–Trinajstić information content (AvgIpc) is 2.48. The number of aromatic nitrogens is 1. The Bertz CT molecular complexity index is 627. The molecule has 1 aromatic carbocycles. The number of hydrogen-bond donors (Lipinski definition) is 0. The fraction of sp³-hybridized carbons (Fsp3) is 0.167. The van der Waals surface area contributed by atoms with Gasteiger partial charge in [-0.15, -0.1) is 0 Å². The van der Waals surface area contributed by atoms with Gasteiger partial charge in [-0.25, -0.2) is 4.98 Å². The summed E-state index contributed by atoms with van der Waals surface area (Å²) >= 11 is 3.58. The summed E-state index contributed by atoms with van der Waals surface area (Å²) < 4.78 is 1.05. The van der Waals surface area contributed by atoms with Crippen molar-refractivity contribution in [1.29, 1.82) is 0 Å². The molecule has 0 N–H and O–H groups in total. The second-order valence-electron chi connectivity index (χ2n) is 4.48. The first kappa shape index (κ1) is 14.7. The topological polar surface area (TPSA) is 12.9 Å². The molecule has 2 aromatic rings. The zero-order chi connectivity index (χ0) is 14.4. The zero-order valence-corrected chi connectivity index (χ0v) is 13.4. The highest BCUT2D eigenvalue weighted by molar-refractivity contribution is 9.10. The minimum atomic E-state index is 0.985. The number of pyridine rings is 1. The lowest BCUT2D eigenvalue weighted by atomic mass is 10.1. The summed E-state index contributed by atoms with van der Waals surface area (Å²) in [5, 5.41) is 0. The van der Waals surface area contributed by atoms with Crippen molar-refractivity contribution < 1.29 is 0 Å². The molecule has 0 bridgehead atoms. The maximum absolute atomic E-state index is 4.78. The van der Waals surface area contributed by atoms with Crippen LogP contribution in [0.3, 0.4) is 0 Å². The summed E-state index contributed by atoms with van der Waals surface area (Å²) in [7, 11) is 0. The third kappa shape index (κ3) is 3.67. The highest BCUT2D eigenvalue weighted by atomic mass is 79.9. The molecule has 0 aliphatic heterocycles. The van der Waals surface area contributed by atoms with E-state index in [1.807, 2.05) is 25.1 Å². The summed E-state index contributed by atoms with van der Waals surface area (Å²) in [4.78, 5) is 4.78. The Kier molecular flexibility index (Phi) is 5.31. The Balaban J connectivity index is 2.46. The molecule has 1 aromatic heterocycles. The third-order valence-corrected chi connectivity index (χ3v) is 3.46. The van der Waals surface area contributed by atoms with E-state index >= 15 is 0 Å². The minimum absolute atomic E-state index is 0.985. The lowest BCUT2D eigenvalue weighted by Crippen LogP contribution is -1.91. The molecule has 1 nitrogen and oxygen atoms in total. The predicted octanol–water partition coefficient (Wildman–Crippen LogP) is 5.88. The molecule has 0 aliphatic rings. The monoisotopic (exact) mass is 327 g/mol. The molecule has 102 valence electrons. The van der Waals surface area contributed by atoms with E-state index in [4.69, 9.17) is 4.98 Å². The maximum atomic E-state index is 4.78. The van der Waals surface area contributed by atoms with Crippen molar-refractivity contribution >= 4 is 21.5 Å². The van der Waals surface area contributed by atoms with Crippen molar-refractivity contribution in [3.63, 3.8) is 0 Å². The Morgan fingerprint density at radius 3 is 2.60 bits per heavy atom. The van der Waals surface area contributed by atoms with Crippen LogP contribution in [-0.4, -0.2) is 4.98 Å². The molecule has 0 radical (unpaired) electrons. The second-order valence-corrected chi connectivity index (χ2v) is 5.39. The number of benzene rings is 1. The van der Waals surface area contributed by atoms with E-state index in [2.05, 4.69) is 65.3 Å². The van der Waals surface area contributed by atoms with Gasteiger partial charge < -0.3 is 0 Å². The largest absolute Gasteiger partial charge is 0.248 e. The summed E-state index contributed by atoms with van der Waals surface area (Å²) in [6.07, 6.45) is 7.40. The number of rotatable bonds is 4. The molecule has 0 spiro atoms. The lowest BCUT2D eigenvalue weighted by molar-refractivity contribution is 1.22. The highest BCUT2D eigenvalue weighted by Gasteiger charge is 2.05. The zero-order valence-electron chi connectivity index (χ0n) is 11.8. The van der Waals surface area contributed by atoms with Gasteiger partial charge in [0.1, 0.15) is 0 Å². The van der Waals surface area contributed by atoms with Gasteiger partial charge in [0.05, 0.1) is 11.4 Å². The van der Waals surface area contributed by atoms with Gasteiger partial charge in [0, 0.05) is 10.0 Å². The van der Waals surface area contributed by atoms with Crippen LogP contribution in [-0.2, 0) is 0 Å². The van der Waals surface area contributed by atoms with Gasteiger partial charge in [-0.1, -0.05) is 71.4 Å². The quantitative estimate of drug-likeness (QED) is 0.639. The van der Waals surface area contributed by atoms with Crippen LogP contribution in [0.2, 0.25) is 0 Å². The molecular formula is C18H18BrN. The fourth-order valence-electron chi connectivity index (χ4n) is 1.98. The van der Waals surface area contributed by atoms with Crippen LogP contribution >= 0.6 is 15.9 Å². The van der Waals surface area contributed by atoms with Crippen LogP contribution in [0.5, 0.6) is 0 Å². The highest BCUT2D eigenvalue weighted by Crippen LogP contribution is 2.25. The fourth-order valence-corrected chi connectivity index (χ4v) is 2.41. The molecule has 0 saturated heterocycles. The van der Waals surface area contributed by atoms with Gasteiger partial charge in [-0.2, -0.15) is 0 Å². The summed E-state index contributed by atoms with van der Waals surface area (Å²) in [5.41, 5.74) is 4.25. The first-order valence-electron chi connectivity index (χ1n) is 6.80. The smallest absolute Gasteiger partial charge is 0.0720 e. The molecule has 0 atom stereocenters. The van der Waals surface area contributed by atoms with E-state index in [1.165, 1.54) is 0 Å². The van der Waals surface area contributed by atoms with E-state index in [0.29, 0.717) is 0 Å². The summed E-state index contributed by atoms with van der Waals surface area (Å²) in [6.45, 7) is 4.17. The molecule has 0 amide bonds. The average molecular weight is 328 g/mol. The van der Waals surface area contributed by atoms with Crippen LogP contribution in [0.1, 0.15) is 26.0 Å². The van der Waals surface area contributed by atoms with Crippen LogP contribution in [0, 0.1) is 0 Å². The van der Waals surface area contributed by atoms with Crippen molar-refractivity contribution in [3.05, 3.63) is 70.9 Å². The van der Waals surface area contributed by atoms with Crippen LogP contribution in [0.25, 0.3) is 16.8 Å². The molecule has 20 heavy (non-hydrogen) atoms. The van der Waals surface area contributed by atoms with Crippen molar-refractivity contribution in [3.8, 4) is 11.3 Å². The molecule has 0 fully saturated rings. The number of hydrogen-bond acceptors (Lipinski definition) is 1. The first-order valence-corrected chi connectivity index (χ1v) is 7.60. The molecule has 0 saturated carbocycles. The number of halogens is 1. The molecule has 2 rings (SSSR count). The molecular weight excluding hydrogens is 310 g/mol. The second kappa shape index (κ2) is 7.20. The lowest BCUT2D eigenvalue weighted by Gasteiger charge is -2.07. The maximum Gasteiger partial charge on any atom is 0.0720 e. The van der Waals surface area contributed by atoms with Crippen molar-refractivity contribution in [2.75, 3.05) is 0 Å². The predicted molar refractivity (Wildman–Crippen MR) is 90.5 cm³/mol. The van der Waals surface area contributed by atoms with Gasteiger partial charge in [0.2, 0.25) is 0 Å². The van der Waals surface area contributed by atoms with E-state index in [9.17, 15) is 0 Å². The van der Waals surface area contributed by atoms with E-state index in [-0.39, 0.29) is 0 Å². The first-order chi connectivity index (χ1) is 9.74. The molecule has 2 heteroatoms. The molecule has 1 heterocycles. The van der Waals surface area contributed by atoms with Crippen molar-refractivity contribution in [2.24, 2.45) is 0 Å². The summed E-state index contributed by atoms with van der Waals surface area (Å²) in [6, 6.07) is 14.4. The van der Waals surface area contributed by atoms with E-state index in [1.54, 1.807) is 0 Å². The van der Waals surface area contributed by atoms with Gasteiger partial charge in [-0.05, 0) is 31.1 Å². The summed E-state index contributed by atoms with van der Waals surface area (Å²) in [5.74, 6) is 0. The minimum Gasteiger partial charge on any atom is -0.248 e. The van der Waals surface area contributed by atoms with Crippen LogP contribution < -0.4 is 0 Å². The molecule has 0 aliphatic carbocycles. The standard InChI is InChI=1S/C18H18BrN/c1-3-5-9-14(4-2)17-12-16(19)13-18(20-17)15-10-7-6-8-11-15/h4-13H,3H2,1-2H3/b9-5-,14-4+. The Morgan fingerprint density at radius 2 is 1.95 bits per heavy atom. The van der Waals surface area contributed by atoms with Crippen molar-refractivity contribution in [1.82, 2.24) is 4.98 Å². The molecule has 0 unspecified atom stereocenters. The van der Waals surface area contributed by atoms with Gasteiger partial charge in [0.15, 0.2) is 0 Å². The van der Waals surface area contributed by atoms with Crippen LogP contribution in [0.4, 0.5) is 0 Å².